The van der Waals surface area contributed by atoms with E-state index in [1.165, 1.54) is 5.56 Å². The van der Waals surface area contributed by atoms with E-state index in [1.807, 2.05) is 30.3 Å². The van der Waals surface area contributed by atoms with Gasteiger partial charge in [-0.05, 0) is 24.1 Å². The van der Waals surface area contributed by atoms with Gasteiger partial charge in [0.25, 0.3) is 0 Å². The highest BCUT2D eigenvalue weighted by molar-refractivity contribution is 14.0. The van der Waals surface area contributed by atoms with Gasteiger partial charge in [-0.3, -0.25) is 0 Å². The van der Waals surface area contributed by atoms with Crippen LogP contribution in [0.15, 0.2) is 57.5 Å². The number of aromatic nitrogens is 1. The van der Waals surface area contributed by atoms with Gasteiger partial charge in [-0.25, -0.2) is 9.98 Å². The third-order valence-corrected chi connectivity index (χ3v) is 5.90. The summed E-state index contributed by atoms with van der Waals surface area (Å²) >= 11 is 1.67. The second-order valence-electron chi connectivity index (χ2n) is 7.61. The first-order chi connectivity index (χ1) is 14.7. The number of aliphatic imine (C=N–C) groups is 1. The Balaban J connectivity index is 0.00000272. The molecule has 2 N–H and O–H groups in total. The van der Waals surface area contributed by atoms with Crippen LogP contribution in [0, 0.1) is 0 Å². The van der Waals surface area contributed by atoms with Crippen molar-refractivity contribution >= 4 is 41.3 Å². The Hall–Kier alpha value is -2.07. The fraction of sp³-hybridized carbons (Fsp3) is 0.391. The summed E-state index contributed by atoms with van der Waals surface area (Å²) in [5.74, 6) is 3.11. The lowest BCUT2D eigenvalue weighted by atomic mass is 10.0. The van der Waals surface area contributed by atoms with Gasteiger partial charge in [0, 0.05) is 30.3 Å². The molecule has 31 heavy (non-hydrogen) atoms. The topological polar surface area (TPSA) is 71.7 Å². The highest BCUT2D eigenvalue weighted by Gasteiger charge is 2.22. The van der Waals surface area contributed by atoms with Crippen molar-refractivity contribution in [1.82, 2.24) is 15.6 Å². The number of hydrogen-bond acceptors (Lipinski definition) is 5. The lowest BCUT2D eigenvalue weighted by Crippen LogP contribution is -2.41. The molecule has 1 aliphatic heterocycles. The summed E-state index contributed by atoms with van der Waals surface area (Å²) in [6.07, 6.45) is 3.40. The maximum absolute atomic E-state index is 5.80. The normalized spacial score (nSPS) is 15.7. The molecule has 0 aliphatic carbocycles. The largest absolute Gasteiger partial charge is 0.493 e. The van der Waals surface area contributed by atoms with Gasteiger partial charge in [-0.1, -0.05) is 32.0 Å². The van der Waals surface area contributed by atoms with Gasteiger partial charge in [0.1, 0.15) is 16.5 Å². The zero-order chi connectivity index (χ0) is 20.8. The molecular formula is C23H29IN4O2S. The molecule has 4 rings (SSSR count). The van der Waals surface area contributed by atoms with Crippen LogP contribution in [-0.2, 0) is 13.0 Å². The molecule has 0 spiro atoms. The van der Waals surface area contributed by atoms with Crippen molar-refractivity contribution < 1.29 is 9.15 Å². The fourth-order valence-corrected chi connectivity index (χ4v) is 4.26. The van der Waals surface area contributed by atoms with E-state index in [0.29, 0.717) is 19.1 Å². The fourth-order valence-electron chi connectivity index (χ4n) is 3.38. The van der Waals surface area contributed by atoms with Crippen LogP contribution in [0.5, 0.6) is 5.75 Å². The van der Waals surface area contributed by atoms with Gasteiger partial charge in [-0.2, -0.15) is 0 Å². The molecule has 8 heteroatoms. The summed E-state index contributed by atoms with van der Waals surface area (Å²) in [7, 11) is 0. The van der Waals surface area contributed by atoms with E-state index in [-0.39, 0.29) is 30.0 Å². The Labute approximate surface area is 204 Å². The maximum Gasteiger partial charge on any atom is 0.192 e. The molecule has 0 fully saturated rings. The summed E-state index contributed by atoms with van der Waals surface area (Å²) in [6, 6.07) is 12.3. The molecule has 2 aromatic heterocycles. The molecule has 0 bridgehead atoms. The zero-order valence-electron chi connectivity index (χ0n) is 17.8. The third kappa shape index (κ3) is 6.46. The third-order valence-electron chi connectivity index (χ3n) is 5.05. The standard InChI is InChI=1S/C23H28N4O2S.HI/c1-16(2)20-15-30-22(26-20)14-25-23(24-11-9-17-6-5-12-28-17)27-19-10-13-29-21-8-4-3-7-18(19)21;/h3-8,12,15-16,19H,9-11,13-14H2,1-2H3,(H2,24,25,27);1H. The monoisotopic (exact) mass is 552 g/mol. The van der Waals surface area contributed by atoms with Gasteiger partial charge in [0.05, 0.1) is 31.2 Å². The predicted octanol–water partition coefficient (Wildman–Crippen LogP) is 5.28. The molecule has 0 radical (unpaired) electrons. The Morgan fingerprint density at radius 3 is 2.90 bits per heavy atom. The molecule has 0 amide bonds. The van der Waals surface area contributed by atoms with Crippen molar-refractivity contribution in [3.8, 4) is 5.75 Å². The summed E-state index contributed by atoms with van der Waals surface area (Å²) < 4.78 is 11.2. The van der Waals surface area contributed by atoms with Crippen molar-refractivity contribution in [2.24, 2.45) is 4.99 Å². The number of ether oxygens (including phenoxy) is 1. The van der Waals surface area contributed by atoms with Crippen molar-refractivity contribution in [3.63, 3.8) is 0 Å². The lowest BCUT2D eigenvalue weighted by molar-refractivity contribution is 0.261. The zero-order valence-corrected chi connectivity index (χ0v) is 21.0. The van der Waals surface area contributed by atoms with Crippen molar-refractivity contribution in [2.45, 2.75) is 45.2 Å². The Kier molecular flexibility index (Phi) is 8.77. The highest BCUT2D eigenvalue weighted by Crippen LogP contribution is 2.31. The summed E-state index contributed by atoms with van der Waals surface area (Å²) in [5.41, 5.74) is 2.30. The van der Waals surface area contributed by atoms with E-state index < -0.39 is 0 Å². The number of nitrogens with one attached hydrogen (secondary N) is 2. The SMILES string of the molecule is CC(C)c1csc(CN=C(NCCc2ccco2)NC2CCOc3ccccc32)n1.I. The van der Waals surface area contributed by atoms with E-state index in [2.05, 4.69) is 35.9 Å². The van der Waals surface area contributed by atoms with Crippen LogP contribution < -0.4 is 15.4 Å². The second-order valence-corrected chi connectivity index (χ2v) is 8.56. The second kappa shape index (κ2) is 11.5. The van der Waals surface area contributed by atoms with Crippen molar-refractivity contribution in [2.75, 3.05) is 13.2 Å². The number of thiazole rings is 1. The lowest BCUT2D eigenvalue weighted by Gasteiger charge is -2.28. The van der Waals surface area contributed by atoms with E-state index in [1.54, 1.807) is 17.6 Å². The van der Waals surface area contributed by atoms with Crippen molar-refractivity contribution in [3.05, 3.63) is 70.1 Å². The molecule has 0 saturated heterocycles. The number of furan rings is 1. The Bertz CT molecular complexity index is 972. The van der Waals surface area contributed by atoms with Gasteiger partial charge in [0.15, 0.2) is 5.96 Å². The molecule has 166 valence electrons. The maximum atomic E-state index is 5.80. The van der Waals surface area contributed by atoms with Crippen LogP contribution in [0.4, 0.5) is 0 Å². The smallest absolute Gasteiger partial charge is 0.192 e. The minimum Gasteiger partial charge on any atom is -0.493 e. The number of para-hydroxylation sites is 1. The Morgan fingerprint density at radius 2 is 2.13 bits per heavy atom. The van der Waals surface area contributed by atoms with Crippen LogP contribution in [0.3, 0.4) is 0 Å². The van der Waals surface area contributed by atoms with Gasteiger partial charge in [0.2, 0.25) is 0 Å². The van der Waals surface area contributed by atoms with Crippen LogP contribution in [-0.4, -0.2) is 24.1 Å². The van der Waals surface area contributed by atoms with Crippen LogP contribution in [0.25, 0.3) is 0 Å². The molecule has 3 heterocycles. The van der Waals surface area contributed by atoms with E-state index >= 15 is 0 Å². The quantitative estimate of drug-likeness (QED) is 0.237. The van der Waals surface area contributed by atoms with Gasteiger partial charge >= 0.3 is 0 Å². The van der Waals surface area contributed by atoms with Crippen LogP contribution in [0.2, 0.25) is 0 Å². The van der Waals surface area contributed by atoms with Gasteiger partial charge in [-0.15, -0.1) is 35.3 Å². The molecule has 1 aliphatic rings. The van der Waals surface area contributed by atoms with E-state index in [9.17, 15) is 0 Å². The number of benzene rings is 1. The number of nitrogens with zero attached hydrogens (tertiary/aromatic N) is 2. The van der Waals surface area contributed by atoms with E-state index in [4.69, 9.17) is 19.1 Å². The molecule has 3 aromatic rings. The summed E-state index contributed by atoms with van der Waals surface area (Å²) in [6.45, 7) is 6.30. The van der Waals surface area contributed by atoms with Gasteiger partial charge < -0.3 is 19.8 Å². The Morgan fingerprint density at radius 1 is 1.26 bits per heavy atom. The number of halogens is 1. The van der Waals surface area contributed by atoms with Crippen LogP contribution >= 0.6 is 35.3 Å². The van der Waals surface area contributed by atoms with E-state index in [0.717, 1.165) is 47.6 Å². The molecule has 1 atom stereocenters. The number of guanidine groups is 1. The first-order valence-electron chi connectivity index (χ1n) is 10.4. The first-order valence-corrected chi connectivity index (χ1v) is 11.3. The number of rotatable bonds is 7. The molecular weight excluding hydrogens is 523 g/mol. The predicted molar refractivity (Wildman–Crippen MR) is 136 cm³/mol. The molecule has 0 saturated carbocycles. The molecule has 6 nitrogen and oxygen atoms in total. The average Bonchev–Trinajstić information content (AvgIpc) is 3.44. The molecule has 1 aromatic carbocycles. The minimum atomic E-state index is 0. The summed E-state index contributed by atoms with van der Waals surface area (Å²) in [4.78, 5) is 9.53. The summed E-state index contributed by atoms with van der Waals surface area (Å²) in [5, 5.41) is 10.2. The number of fused-ring (bicyclic) bond motifs is 1. The van der Waals surface area contributed by atoms with Crippen molar-refractivity contribution in [1.29, 1.82) is 0 Å². The first kappa shape index (κ1) is 23.6. The van der Waals surface area contributed by atoms with Crippen LogP contribution in [0.1, 0.15) is 54.3 Å². The molecule has 1 unspecified atom stereocenters. The highest BCUT2D eigenvalue weighted by atomic mass is 127. The number of hydrogen-bond donors (Lipinski definition) is 2. The minimum absolute atomic E-state index is 0. The average molecular weight is 552 g/mol.